The number of piperazine rings is 1. The number of unbranched alkanes of at least 4 members (excludes halogenated alkanes) is 10. The Hall–Kier alpha value is -2.20. The summed E-state index contributed by atoms with van der Waals surface area (Å²) in [4.78, 5) is 39.6. The molecule has 0 aliphatic carbocycles. The predicted octanol–water partition coefficient (Wildman–Crippen LogP) is 6.30. The third-order valence-corrected chi connectivity index (χ3v) is 7.84. The maximum absolute atomic E-state index is 12.9. The van der Waals surface area contributed by atoms with Crippen LogP contribution in [0.15, 0.2) is 22.7 Å². The van der Waals surface area contributed by atoms with Gasteiger partial charge in [0.2, 0.25) is 5.91 Å². The highest BCUT2D eigenvalue weighted by Crippen LogP contribution is 2.26. The van der Waals surface area contributed by atoms with Crippen LogP contribution >= 0.6 is 28.1 Å². The first kappa shape index (κ1) is 34.0. The fourth-order valence-corrected chi connectivity index (χ4v) is 5.28. The normalized spacial score (nSPS) is 14.9. The molecule has 1 aromatic rings. The Kier molecular flexibility index (Phi) is 16.8. The maximum Gasteiger partial charge on any atom is 0.308 e. The highest BCUT2D eigenvalue weighted by atomic mass is 79.9. The summed E-state index contributed by atoms with van der Waals surface area (Å²) < 4.78 is 11.8. The van der Waals surface area contributed by atoms with Gasteiger partial charge in [-0.25, -0.2) is 0 Å². The minimum atomic E-state index is -0.831. The molecule has 1 fully saturated rings. The molecule has 1 aliphatic rings. The smallest absolute Gasteiger partial charge is 0.308 e. The molecule has 1 atom stereocenters. The Morgan fingerprint density at radius 2 is 1.65 bits per heavy atom. The van der Waals surface area contributed by atoms with Gasteiger partial charge in [-0.3, -0.25) is 19.7 Å². The van der Waals surface area contributed by atoms with Crippen molar-refractivity contribution in [2.24, 2.45) is 0 Å². The molecule has 8 nitrogen and oxygen atoms in total. The van der Waals surface area contributed by atoms with Crippen LogP contribution < -0.4 is 15.4 Å². The van der Waals surface area contributed by atoms with Crippen molar-refractivity contribution in [3.8, 4) is 5.75 Å². The van der Waals surface area contributed by atoms with Crippen molar-refractivity contribution in [2.45, 2.75) is 103 Å². The predicted molar refractivity (Wildman–Crippen MR) is 166 cm³/mol. The average molecular weight is 641 g/mol. The van der Waals surface area contributed by atoms with E-state index in [1.54, 1.807) is 23.1 Å². The standard InChI is InChI=1S/C30H46BrN3O5S/c1-3-5-7-8-9-10-11-12-13-14-20-39-27(35)22-25-29(37)32-17-18-34(25)30(40)33-28(36)23-15-16-26(24(31)21-23)38-19-6-4-2/h15-16,21,25H,3-14,17-20,22H2,1-2H3,(H,32,37)(H,33,36,40). The zero-order valence-corrected chi connectivity index (χ0v) is 26.5. The molecule has 1 saturated heterocycles. The first-order chi connectivity index (χ1) is 19.4. The third-order valence-electron chi connectivity index (χ3n) is 6.88. The monoisotopic (exact) mass is 639 g/mol. The molecule has 1 heterocycles. The van der Waals surface area contributed by atoms with Gasteiger partial charge < -0.3 is 19.7 Å². The Morgan fingerprint density at radius 3 is 2.30 bits per heavy atom. The molecule has 1 unspecified atom stereocenters. The van der Waals surface area contributed by atoms with Crippen LogP contribution in [0.2, 0.25) is 0 Å². The lowest BCUT2D eigenvalue weighted by atomic mass is 10.1. The molecule has 1 aromatic carbocycles. The number of halogens is 1. The Labute approximate surface area is 253 Å². The van der Waals surface area contributed by atoms with Gasteiger partial charge >= 0.3 is 5.97 Å². The number of amides is 2. The van der Waals surface area contributed by atoms with Crippen LogP contribution in [0, 0.1) is 0 Å². The summed E-state index contributed by atoms with van der Waals surface area (Å²) in [6, 6.07) is 4.24. The maximum atomic E-state index is 12.9. The second-order valence-electron chi connectivity index (χ2n) is 10.2. The minimum absolute atomic E-state index is 0.103. The number of ether oxygens (including phenoxy) is 2. The van der Waals surface area contributed by atoms with E-state index in [0.717, 1.165) is 32.1 Å². The topological polar surface area (TPSA) is 97.0 Å². The van der Waals surface area contributed by atoms with E-state index < -0.39 is 17.9 Å². The molecular formula is C30H46BrN3O5S. The van der Waals surface area contributed by atoms with Crippen molar-refractivity contribution < 1.29 is 23.9 Å². The van der Waals surface area contributed by atoms with Gasteiger partial charge in [0, 0.05) is 18.7 Å². The lowest BCUT2D eigenvalue weighted by molar-refractivity contribution is -0.147. The van der Waals surface area contributed by atoms with Gasteiger partial charge in [-0.15, -0.1) is 0 Å². The summed E-state index contributed by atoms with van der Waals surface area (Å²) in [5.74, 6) is -0.495. The number of thiocarbonyl (C=S) groups is 1. The highest BCUT2D eigenvalue weighted by molar-refractivity contribution is 9.10. The van der Waals surface area contributed by atoms with Crippen LogP contribution in [-0.2, 0) is 14.3 Å². The number of nitrogens with one attached hydrogen (secondary N) is 2. The van der Waals surface area contributed by atoms with Crippen LogP contribution in [0.4, 0.5) is 0 Å². The molecule has 0 spiro atoms. The molecule has 1 aliphatic heterocycles. The van der Waals surface area contributed by atoms with Gasteiger partial charge in [0.25, 0.3) is 5.91 Å². The molecule has 0 aromatic heterocycles. The van der Waals surface area contributed by atoms with Gasteiger partial charge in [-0.2, -0.15) is 0 Å². The zero-order chi connectivity index (χ0) is 29.2. The van der Waals surface area contributed by atoms with E-state index in [1.807, 2.05) is 0 Å². The molecule has 0 radical (unpaired) electrons. The lowest BCUT2D eigenvalue weighted by Gasteiger charge is -2.36. The molecule has 2 amide bonds. The quantitative estimate of drug-likeness (QED) is 0.111. The minimum Gasteiger partial charge on any atom is -0.492 e. The summed E-state index contributed by atoms with van der Waals surface area (Å²) in [5, 5.41) is 5.58. The average Bonchev–Trinajstić information content (AvgIpc) is 2.93. The van der Waals surface area contributed by atoms with Crippen molar-refractivity contribution in [2.75, 3.05) is 26.3 Å². The van der Waals surface area contributed by atoms with Gasteiger partial charge in [0.05, 0.1) is 24.1 Å². The van der Waals surface area contributed by atoms with Crippen molar-refractivity contribution in [3.05, 3.63) is 28.2 Å². The van der Waals surface area contributed by atoms with Crippen LogP contribution in [0.25, 0.3) is 0 Å². The Bertz CT molecular complexity index is 961. The number of nitrogens with zero attached hydrogens (tertiary/aromatic N) is 1. The summed E-state index contributed by atoms with van der Waals surface area (Å²) >= 11 is 8.93. The van der Waals surface area contributed by atoms with E-state index in [0.29, 0.717) is 42.1 Å². The number of hydrogen-bond donors (Lipinski definition) is 2. The van der Waals surface area contributed by atoms with E-state index in [1.165, 1.54) is 44.9 Å². The van der Waals surface area contributed by atoms with E-state index in [4.69, 9.17) is 21.7 Å². The van der Waals surface area contributed by atoms with Gasteiger partial charge in [0.15, 0.2) is 5.11 Å². The van der Waals surface area contributed by atoms with Crippen LogP contribution in [0.5, 0.6) is 5.75 Å². The van der Waals surface area contributed by atoms with Crippen LogP contribution in [0.1, 0.15) is 108 Å². The van der Waals surface area contributed by atoms with Crippen molar-refractivity contribution in [1.82, 2.24) is 15.5 Å². The number of rotatable bonds is 18. The summed E-state index contributed by atoms with van der Waals surface area (Å²) in [6.07, 6.45) is 13.9. The van der Waals surface area contributed by atoms with Gasteiger partial charge in [0.1, 0.15) is 11.8 Å². The van der Waals surface area contributed by atoms with E-state index >= 15 is 0 Å². The first-order valence-electron chi connectivity index (χ1n) is 14.8. The molecule has 0 saturated carbocycles. The summed E-state index contributed by atoms with van der Waals surface area (Å²) in [6.45, 7) is 6.02. The summed E-state index contributed by atoms with van der Waals surface area (Å²) in [5.41, 5.74) is 0.394. The highest BCUT2D eigenvalue weighted by Gasteiger charge is 2.34. The Morgan fingerprint density at radius 1 is 1.00 bits per heavy atom. The van der Waals surface area contributed by atoms with Crippen LogP contribution in [-0.4, -0.2) is 60.1 Å². The first-order valence-corrected chi connectivity index (χ1v) is 16.0. The number of benzene rings is 1. The molecule has 2 N–H and O–H groups in total. The van der Waals surface area contributed by atoms with Crippen molar-refractivity contribution in [3.63, 3.8) is 0 Å². The molecule has 10 heteroatoms. The number of hydrogen-bond acceptors (Lipinski definition) is 6. The van der Waals surface area contributed by atoms with E-state index in [9.17, 15) is 14.4 Å². The number of carbonyl (C=O) groups excluding carboxylic acids is 3. The zero-order valence-electron chi connectivity index (χ0n) is 24.1. The fourth-order valence-electron chi connectivity index (χ4n) is 4.48. The Balaban J connectivity index is 1.77. The molecule has 40 heavy (non-hydrogen) atoms. The van der Waals surface area contributed by atoms with Gasteiger partial charge in [-0.05, 0) is 59.2 Å². The molecule has 0 bridgehead atoms. The molecule has 2 rings (SSSR count). The van der Waals surface area contributed by atoms with Crippen molar-refractivity contribution >= 4 is 51.0 Å². The second kappa shape index (κ2) is 19.8. The number of esters is 1. The fraction of sp³-hybridized carbons (Fsp3) is 0.667. The SMILES string of the molecule is CCCCCCCCCCCCOC(=O)CC1C(=O)NCCN1C(=S)NC(=O)c1ccc(OCCCC)c(Br)c1. The van der Waals surface area contributed by atoms with E-state index in [-0.39, 0.29) is 17.4 Å². The number of carbonyl (C=O) groups is 3. The molecule has 224 valence electrons. The largest absolute Gasteiger partial charge is 0.492 e. The van der Waals surface area contributed by atoms with Crippen LogP contribution in [0.3, 0.4) is 0 Å². The lowest BCUT2D eigenvalue weighted by Crippen LogP contribution is -2.60. The summed E-state index contributed by atoms with van der Waals surface area (Å²) in [7, 11) is 0. The second-order valence-corrected chi connectivity index (χ2v) is 11.5. The molecular weight excluding hydrogens is 594 g/mol. The third kappa shape index (κ3) is 12.5. The van der Waals surface area contributed by atoms with E-state index in [2.05, 4.69) is 40.4 Å². The van der Waals surface area contributed by atoms with Gasteiger partial charge in [-0.1, -0.05) is 78.1 Å². The van der Waals surface area contributed by atoms with Crippen molar-refractivity contribution in [1.29, 1.82) is 0 Å².